The van der Waals surface area contributed by atoms with E-state index in [9.17, 15) is 8.42 Å². The number of nitrogens with one attached hydrogen (secondary N) is 2. The van der Waals surface area contributed by atoms with Crippen LogP contribution in [-0.4, -0.2) is 27.8 Å². The Morgan fingerprint density at radius 3 is 2.68 bits per heavy atom. The lowest BCUT2D eigenvalue weighted by atomic mass is 9.98. The third-order valence-corrected chi connectivity index (χ3v) is 4.87. The van der Waals surface area contributed by atoms with Gasteiger partial charge in [0.05, 0.1) is 25.6 Å². The van der Waals surface area contributed by atoms with Crippen molar-refractivity contribution in [3.05, 3.63) is 59.5 Å². The SMILES string of the molecule is CS(=O)(=O)NC[C@H](c1ccco1)[NH+]1CCc2ccccc2C1. The highest BCUT2D eigenvalue weighted by Crippen LogP contribution is 2.15. The van der Waals surface area contributed by atoms with Gasteiger partial charge in [0.25, 0.3) is 0 Å². The summed E-state index contributed by atoms with van der Waals surface area (Å²) >= 11 is 0. The lowest BCUT2D eigenvalue weighted by molar-refractivity contribution is -0.946. The van der Waals surface area contributed by atoms with Crippen LogP contribution in [0.15, 0.2) is 47.1 Å². The quantitative estimate of drug-likeness (QED) is 0.843. The van der Waals surface area contributed by atoms with E-state index in [2.05, 4.69) is 29.0 Å². The molecule has 2 aromatic rings. The molecule has 1 aromatic heterocycles. The van der Waals surface area contributed by atoms with E-state index < -0.39 is 10.0 Å². The van der Waals surface area contributed by atoms with Crippen molar-refractivity contribution in [3.8, 4) is 0 Å². The second-order valence-electron chi connectivity index (χ2n) is 5.79. The molecule has 0 aliphatic carbocycles. The Kier molecular flexibility index (Phi) is 4.33. The van der Waals surface area contributed by atoms with E-state index in [-0.39, 0.29) is 6.04 Å². The predicted octanol–water partition coefficient (Wildman–Crippen LogP) is 0.511. The van der Waals surface area contributed by atoms with Crippen LogP contribution in [0.4, 0.5) is 0 Å². The topological polar surface area (TPSA) is 63.8 Å². The molecule has 2 atom stereocenters. The Labute approximate surface area is 131 Å². The number of benzene rings is 1. The number of furan rings is 1. The van der Waals surface area contributed by atoms with Crippen LogP contribution in [0, 0.1) is 0 Å². The largest absolute Gasteiger partial charge is 0.463 e. The van der Waals surface area contributed by atoms with Crippen LogP contribution in [-0.2, 0) is 23.0 Å². The lowest BCUT2D eigenvalue weighted by Crippen LogP contribution is -3.12. The number of sulfonamides is 1. The summed E-state index contributed by atoms with van der Waals surface area (Å²) in [5, 5.41) is 0. The first kappa shape index (κ1) is 15.3. The van der Waals surface area contributed by atoms with Crippen LogP contribution in [0.1, 0.15) is 22.9 Å². The monoisotopic (exact) mass is 321 g/mol. The average Bonchev–Trinajstić information content (AvgIpc) is 3.00. The Bertz CT molecular complexity index is 726. The maximum atomic E-state index is 11.4. The zero-order chi connectivity index (χ0) is 15.6. The van der Waals surface area contributed by atoms with Gasteiger partial charge in [-0.05, 0) is 17.7 Å². The van der Waals surface area contributed by atoms with E-state index >= 15 is 0 Å². The number of rotatable bonds is 5. The molecule has 0 fully saturated rings. The third-order valence-electron chi connectivity index (χ3n) is 4.18. The van der Waals surface area contributed by atoms with Crippen molar-refractivity contribution in [2.75, 3.05) is 19.3 Å². The first-order valence-corrected chi connectivity index (χ1v) is 9.31. The van der Waals surface area contributed by atoms with E-state index in [1.54, 1.807) is 6.26 Å². The number of hydrogen-bond acceptors (Lipinski definition) is 3. The molecule has 1 aliphatic rings. The molecule has 0 spiro atoms. The zero-order valence-electron chi connectivity index (χ0n) is 12.6. The molecule has 1 aliphatic heterocycles. The minimum absolute atomic E-state index is 0.0157. The Balaban J connectivity index is 1.81. The van der Waals surface area contributed by atoms with Crippen molar-refractivity contribution in [1.29, 1.82) is 0 Å². The van der Waals surface area contributed by atoms with Crippen molar-refractivity contribution >= 4 is 10.0 Å². The average molecular weight is 321 g/mol. The predicted molar refractivity (Wildman–Crippen MR) is 84.0 cm³/mol. The third kappa shape index (κ3) is 3.58. The Morgan fingerprint density at radius 1 is 1.23 bits per heavy atom. The lowest BCUT2D eigenvalue weighted by Gasteiger charge is -2.31. The summed E-state index contributed by atoms with van der Waals surface area (Å²) in [4.78, 5) is 1.32. The molecule has 2 N–H and O–H groups in total. The van der Waals surface area contributed by atoms with E-state index in [1.807, 2.05) is 12.1 Å². The van der Waals surface area contributed by atoms with Crippen LogP contribution in [0.2, 0.25) is 0 Å². The second kappa shape index (κ2) is 6.24. The smallest absolute Gasteiger partial charge is 0.208 e. The summed E-state index contributed by atoms with van der Waals surface area (Å²) in [6.07, 6.45) is 3.83. The molecular weight excluding hydrogens is 300 g/mol. The van der Waals surface area contributed by atoms with Gasteiger partial charge in [-0.1, -0.05) is 24.3 Å². The fraction of sp³-hybridized carbons (Fsp3) is 0.375. The van der Waals surface area contributed by atoms with Gasteiger partial charge < -0.3 is 9.32 Å². The number of hydrogen-bond donors (Lipinski definition) is 2. The van der Waals surface area contributed by atoms with Crippen molar-refractivity contribution in [3.63, 3.8) is 0 Å². The molecule has 0 amide bonds. The van der Waals surface area contributed by atoms with Gasteiger partial charge in [0.2, 0.25) is 10.0 Å². The van der Waals surface area contributed by atoms with Gasteiger partial charge in [-0.15, -0.1) is 0 Å². The molecule has 118 valence electrons. The molecule has 0 radical (unpaired) electrons. The highest BCUT2D eigenvalue weighted by atomic mass is 32.2. The van der Waals surface area contributed by atoms with Gasteiger partial charge in [-0.25, -0.2) is 13.1 Å². The zero-order valence-corrected chi connectivity index (χ0v) is 13.4. The summed E-state index contributed by atoms with van der Waals surface area (Å²) in [7, 11) is -3.21. The molecule has 5 nitrogen and oxygen atoms in total. The maximum absolute atomic E-state index is 11.4. The second-order valence-corrected chi connectivity index (χ2v) is 7.63. The fourth-order valence-electron chi connectivity index (χ4n) is 3.07. The number of quaternary nitrogens is 1. The van der Waals surface area contributed by atoms with Crippen LogP contribution >= 0.6 is 0 Å². The Morgan fingerprint density at radius 2 is 2.00 bits per heavy atom. The van der Waals surface area contributed by atoms with E-state index in [0.29, 0.717) is 6.54 Å². The van der Waals surface area contributed by atoms with Gasteiger partial charge in [-0.3, -0.25) is 0 Å². The molecular formula is C16H21N2O3S+. The van der Waals surface area contributed by atoms with Gasteiger partial charge in [-0.2, -0.15) is 0 Å². The van der Waals surface area contributed by atoms with E-state index in [4.69, 9.17) is 4.42 Å². The molecule has 0 saturated carbocycles. The van der Waals surface area contributed by atoms with Crippen molar-refractivity contribution in [2.24, 2.45) is 0 Å². The van der Waals surface area contributed by atoms with Crippen molar-refractivity contribution in [1.82, 2.24) is 4.72 Å². The van der Waals surface area contributed by atoms with E-state index in [1.165, 1.54) is 22.3 Å². The first-order chi connectivity index (χ1) is 10.5. The van der Waals surface area contributed by atoms with Crippen LogP contribution in [0.3, 0.4) is 0 Å². The molecule has 3 rings (SSSR count). The molecule has 1 unspecified atom stereocenters. The van der Waals surface area contributed by atoms with Crippen LogP contribution in [0.5, 0.6) is 0 Å². The van der Waals surface area contributed by atoms with Crippen molar-refractivity contribution < 1.29 is 17.7 Å². The fourth-order valence-corrected chi connectivity index (χ4v) is 3.54. The molecule has 6 heteroatoms. The Hall–Kier alpha value is -1.63. The normalized spacial score (nSPS) is 19.6. The minimum Gasteiger partial charge on any atom is -0.463 e. The van der Waals surface area contributed by atoms with Gasteiger partial charge >= 0.3 is 0 Å². The highest BCUT2D eigenvalue weighted by Gasteiger charge is 2.30. The molecule has 0 saturated heterocycles. The molecule has 22 heavy (non-hydrogen) atoms. The van der Waals surface area contributed by atoms with Crippen molar-refractivity contribution in [2.45, 2.75) is 19.0 Å². The van der Waals surface area contributed by atoms with Crippen LogP contribution < -0.4 is 9.62 Å². The summed E-state index contributed by atoms with van der Waals surface area (Å²) in [6, 6.07) is 12.2. The molecule has 0 bridgehead atoms. The summed E-state index contributed by atoms with van der Waals surface area (Å²) in [5.74, 6) is 0.825. The number of fused-ring (bicyclic) bond motifs is 1. The summed E-state index contributed by atoms with van der Waals surface area (Å²) in [5.41, 5.74) is 2.72. The molecule has 2 heterocycles. The van der Waals surface area contributed by atoms with Gasteiger partial charge in [0.1, 0.15) is 6.54 Å². The summed E-state index contributed by atoms with van der Waals surface area (Å²) in [6.45, 7) is 2.20. The minimum atomic E-state index is -3.21. The summed E-state index contributed by atoms with van der Waals surface area (Å²) < 4.78 is 31.0. The van der Waals surface area contributed by atoms with Crippen LogP contribution in [0.25, 0.3) is 0 Å². The molecule has 1 aromatic carbocycles. The standard InChI is InChI=1S/C16H20N2O3S/c1-22(19,20)17-11-15(16-7-4-10-21-16)18-9-8-13-5-2-3-6-14(13)12-18/h2-7,10,15,17H,8-9,11-12H2,1H3/p+1/t15-/m1/s1. The van der Waals surface area contributed by atoms with Gasteiger partial charge in [0, 0.05) is 12.0 Å². The highest BCUT2D eigenvalue weighted by molar-refractivity contribution is 7.88. The first-order valence-electron chi connectivity index (χ1n) is 7.42. The van der Waals surface area contributed by atoms with Gasteiger partial charge in [0.15, 0.2) is 11.8 Å². The maximum Gasteiger partial charge on any atom is 0.208 e. The van der Waals surface area contributed by atoms with E-state index in [0.717, 1.165) is 25.3 Å².